The Hall–Kier alpha value is -0.110. The fourth-order valence-corrected chi connectivity index (χ4v) is 1.37. The Morgan fingerprint density at radius 3 is 2.60 bits per heavy atom. The van der Waals surface area contributed by atoms with Gasteiger partial charge in [0.25, 0.3) is 0 Å². The quantitative estimate of drug-likeness (QED) is 0.532. The van der Waals surface area contributed by atoms with Crippen molar-refractivity contribution in [2.45, 2.75) is 18.7 Å². The van der Waals surface area contributed by atoms with E-state index in [0.29, 0.717) is 5.92 Å². The van der Waals surface area contributed by atoms with E-state index >= 15 is 0 Å². The minimum absolute atomic E-state index is 0.0972. The zero-order chi connectivity index (χ0) is 7.72. The third-order valence-corrected chi connectivity index (χ3v) is 2.80. The number of halogens is 2. The Morgan fingerprint density at radius 1 is 1.50 bits per heavy atom. The van der Waals surface area contributed by atoms with Gasteiger partial charge in [0.15, 0.2) is 0 Å². The van der Waals surface area contributed by atoms with Crippen LogP contribution in [0.25, 0.3) is 0 Å². The monoisotopic (exact) mass is 204 g/mol. The van der Waals surface area contributed by atoms with Gasteiger partial charge in [0, 0.05) is 4.83 Å². The molecule has 0 aliphatic heterocycles. The van der Waals surface area contributed by atoms with Crippen molar-refractivity contribution in [1.82, 2.24) is 0 Å². The summed E-state index contributed by atoms with van der Waals surface area (Å²) in [6, 6.07) is 0. The summed E-state index contributed by atoms with van der Waals surface area (Å²) in [4.78, 5) is 0.163. The van der Waals surface area contributed by atoms with Gasteiger partial charge in [0.1, 0.15) is 5.83 Å². The van der Waals surface area contributed by atoms with E-state index in [1.165, 1.54) is 0 Å². The summed E-state index contributed by atoms with van der Waals surface area (Å²) >= 11 is 3.36. The summed E-state index contributed by atoms with van der Waals surface area (Å²) in [5.74, 6) is 0.305. The van der Waals surface area contributed by atoms with Gasteiger partial charge in [-0.2, -0.15) is 0 Å². The molecule has 0 fully saturated rings. The van der Waals surface area contributed by atoms with Gasteiger partial charge in [-0.3, -0.25) is 0 Å². The maximum Gasteiger partial charge on any atom is 0.122 e. The molecule has 0 spiro atoms. The van der Waals surface area contributed by atoms with Crippen LogP contribution in [0.3, 0.4) is 0 Å². The largest absolute Gasteiger partial charge is 0.207 e. The van der Waals surface area contributed by atoms with Crippen molar-refractivity contribution in [2.75, 3.05) is 0 Å². The van der Waals surface area contributed by atoms with Gasteiger partial charge in [-0.1, -0.05) is 28.9 Å². The first kappa shape index (κ1) is 7.99. The van der Waals surface area contributed by atoms with E-state index in [0.717, 1.165) is 5.57 Å². The maximum atomic E-state index is 12.8. The fourth-order valence-electron chi connectivity index (χ4n) is 0.989. The van der Waals surface area contributed by atoms with E-state index in [9.17, 15) is 4.39 Å². The van der Waals surface area contributed by atoms with Gasteiger partial charge in [-0.25, -0.2) is 4.39 Å². The van der Waals surface area contributed by atoms with Crippen LogP contribution < -0.4 is 0 Å². The molecular weight excluding hydrogens is 195 g/mol. The molecule has 0 N–H and O–H groups in total. The molecule has 2 unspecified atom stereocenters. The van der Waals surface area contributed by atoms with E-state index < -0.39 is 0 Å². The van der Waals surface area contributed by atoms with Gasteiger partial charge in [0.05, 0.1) is 0 Å². The van der Waals surface area contributed by atoms with Crippen molar-refractivity contribution in [3.05, 3.63) is 23.6 Å². The van der Waals surface area contributed by atoms with Crippen LogP contribution in [-0.2, 0) is 0 Å². The van der Waals surface area contributed by atoms with E-state index in [4.69, 9.17) is 0 Å². The molecule has 1 aliphatic carbocycles. The molecule has 56 valence electrons. The first-order chi connectivity index (χ1) is 4.61. The summed E-state index contributed by atoms with van der Waals surface area (Å²) in [6.07, 6.45) is 3.55. The van der Waals surface area contributed by atoms with E-state index in [2.05, 4.69) is 22.9 Å². The molecule has 1 rings (SSSR count). The van der Waals surface area contributed by atoms with Crippen LogP contribution in [0.15, 0.2) is 23.6 Å². The topological polar surface area (TPSA) is 0 Å². The van der Waals surface area contributed by atoms with E-state index in [1.807, 2.05) is 6.08 Å². The van der Waals surface area contributed by atoms with Crippen LogP contribution >= 0.6 is 15.9 Å². The second kappa shape index (κ2) is 2.87. The van der Waals surface area contributed by atoms with Crippen LogP contribution in [0.1, 0.15) is 13.8 Å². The molecule has 0 saturated heterocycles. The lowest BCUT2D eigenvalue weighted by Crippen LogP contribution is -2.10. The summed E-state index contributed by atoms with van der Waals surface area (Å²) in [5, 5.41) is 0. The molecule has 0 bridgehead atoms. The number of hydrogen-bond acceptors (Lipinski definition) is 0. The summed E-state index contributed by atoms with van der Waals surface area (Å²) in [6.45, 7) is 3.85. The molecule has 0 aromatic carbocycles. The predicted octanol–water partition coefficient (Wildman–Crippen LogP) is 3.20. The lowest BCUT2D eigenvalue weighted by atomic mass is 9.98. The molecule has 0 aromatic rings. The van der Waals surface area contributed by atoms with Crippen LogP contribution in [0.5, 0.6) is 0 Å². The zero-order valence-corrected chi connectivity index (χ0v) is 7.65. The lowest BCUT2D eigenvalue weighted by molar-refractivity contribution is 0.614. The Labute approximate surface area is 68.9 Å². The first-order valence-corrected chi connectivity index (χ1v) is 4.23. The molecule has 2 atom stereocenters. The Morgan fingerprint density at radius 2 is 2.10 bits per heavy atom. The minimum atomic E-state index is -0.0972. The van der Waals surface area contributed by atoms with E-state index in [1.54, 1.807) is 13.0 Å². The Bertz CT molecular complexity index is 171. The van der Waals surface area contributed by atoms with Crippen molar-refractivity contribution in [3.63, 3.8) is 0 Å². The molecule has 0 amide bonds. The highest BCUT2D eigenvalue weighted by Crippen LogP contribution is 2.27. The average molecular weight is 205 g/mol. The van der Waals surface area contributed by atoms with E-state index in [-0.39, 0.29) is 10.7 Å². The normalized spacial score (nSPS) is 33.2. The van der Waals surface area contributed by atoms with Crippen molar-refractivity contribution < 1.29 is 4.39 Å². The first-order valence-electron chi connectivity index (χ1n) is 3.31. The molecule has 1 aliphatic rings. The highest BCUT2D eigenvalue weighted by Gasteiger charge is 2.16. The Kier molecular flexibility index (Phi) is 2.29. The molecule has 0 aromatic heterocycles. The van der Waals surface area contributed by atoms with Crippen molar-refractivity contribution in [3.8, 4) is 0 Å². The third kappa shape index (κ3) is 1.48. The molecular formula is C8H10BrF. The molecule has 0 radical (unpaired) electrons. The minimum Gasteiger partial charge on any atom is -0.207 e. The Balaban J connectivity index is 2.83. The van der Waals surface area contributed by atoms with Gasteiger partial charge in [-0.15, -0.1) is 0 Å². The molecule has 0 nitrogen and oxygen atoms in total. The average Bonchev–Trinajstić information content (AvgIpc) is 1.84. The van der Waals surface area contributed by atoms with Gasteiger partial charge in [0.2, 0.25) is 0 Å². The van der Waals surface area contributed by atoms with Crippen LogP contribution in [0.4, 0.5) is 4.39 Å². The number of hydrogen-bond donors (Lipinski definition) is 0. The molecule has 0 heterocycles. The van der Waals surface area contributed by atoms with Gasteiger partial charge >= 0.3 is 0 Å². The summed E-state index contributed by atoms with van der Waals surface area (Å²) in [7, 11) is 0. The van der Waals surface area contributed by atoms with Gasteiger partial charge < -0.3 is 0 Å². The van der Waals surface area contributed by atoms with Crippen LogP contribution in [0.2, 0.25) is 0 Å². The van der Waals surface area contributed by atoms with Crippen molar-refractivity contribution >= 4 is 15.9 Å². The molecule has 10 heavy (non-hydrogen) atoms. The SMILES string of the molecule is CC1=CC(C)C(Br)C=C1F. The second-order valence-electron chi connectivity index (χ2n) is 2.67. The smallest absolute Gasteiger partial charge is 0.122 e. The maximum absolute atomic E-state index is 12.8. The lowest BCUT2D eigenvalue weighted by Gasteiger charge is -2.16. The summed E-state index contributed by atoms with van der Waals surface area (Å²) in [5.41, 5.74) is 0.753. The van der Waals surface area contributed by atoms with Crippen molar-refractivity contribution in [2.24, 2.45) is 5.92 Å². The number of allylic oxidation sites excluding steroid dienone is 4. The second-order valence-corrected chi connectivity index (χ2v) is 3.73. The third-order valence-electron chi connectivity index (χ3n) is 1.70. The summed E-state index contributed by atoms with van der Waals surface area (Å²) < 4.78 is 12.8. The van der Waals surface area contributed by atoms with Crippen LogP contribution in [0, 0.1) is 5.92 Å². The predicted molar refractivity (Wildman–Crippen MR) is 44.8 cm³/mol. The van der Waals surface area contributed by atoms with Gasteiger partial charge in [-0.05, 0) is 24.5 Å². The highest BCUT2D eigenvalue weighted by atomic mass is 79.9. The number of rotatable bonds is 0. The molecule has 0 saturated carbocycles. The van der Waals surface area contributed by atoms with Crippen molar-refractivity contribution in [1.29, 1.82) is 0 Å². The highest BCUT2D eigenvalue weighted by molar-refractivity contribution is 9.09. The number of alkyl halides is 1. The fraction of sp³-hybridized carbons (Fsp3) is 0.500. The molecule has 2 heteroatoms. The zero-order valence-electron chi connectivity index (χ0n) is 6.07. The van der Waals surface area contributed by atoms with Crippen LogP contribution in [-0.4, -0.2) is 4.83 Å². The standard InChI is InChI=1S/C8H10BrF/c1-5-3-6(2)8(10)4-7(5)9/h3-5,7H,1-2H3.